The van der Waals surface area contributed by atoms with Gasteiger partial charge in [-0.25, -0.2) is 4.79 Å². The van der Waals surface area contributed by atoms with Gasteiger partial charge in [-0.3, -0.25) is 9.89 Å². The first-order valence-electron chi connectivity index (χ1n) is 13.0. The molecule has 0 unspecified atom stereocenters. The molecule has 5 rings (SSSR count). The van der Waals surface area contributed by atoms with Gasteiger partial charge in [0.15, 0.2) is 6.61 Å². The maximum absolute atomic E-state index is 13.6. The highest BCUT2D eigenvalue weighted by molar-refractivity contribution is 6.45. The molecule has 2 aliphatic heterocycles. The zero-order valence-corrected chi connectivity index (χ0v) is 24.0. The second-order valence-electron chi connectivity index (χ2n) is 10.7. The number of aromatic nitrogens is 3. The molecule has 11 nitrogen and oxygen atoms in total. The molecule has 40 heavy (non-hydrogen) atoms. The number of rotatable bonds is 5. The number of morpholine rings is 1. The predicted molar refractivity (Wildman–Crippen MR) is 148 cm³/mol. The Morgan fingerprint density at radius 1 is 1.27 bits per heavy atom. The van der Waals surface area contributed by atoms with E-state index in [4.69, 9.17) is 42.7 Å². The molecule has 0 bridgehead atoms. The van der Waals surface area contributed by atoms with Crippen molar-refractivity contribution in [2.45, 2.75) is 51.9 Å². The number of hydrogen-bond acceptors (Lipinski definition) is 7. The number of nitrogens with zero attached hydrogens (tertiary/aromatic N) is 5. The van der Waals surface area contributed by atoms with Gasteiger partial charge in [-0.05, 0) is 20.8 Å². The average molecular weight is 589 g/mol. The van der Waals surface area contributed by atoms with Gasteiger partial charge in [-0.2, -0.15) is 10.4 Å². The van der Waals surface area contributed by atoms with E-state index in [9.17, 15) is 9.59 Å². The SMILES string of the molecule is CC(C)(C)OC(=O)N1CCOC[C@H]1CC(=O)N1CCn2c(c(-c3cn[nH]c3)c3c(OCC#N)cc(Cl)c(Cl)c32)C1. The van der Waals surface area contributed by atoms with E-state index in [-0.39, 0.29) is 25.5 Å². The van der Waals surface area contributed by atoms with Gasteiger partial charge in [-0.15, -0.1) is 0 Å². The monoisotopic (exact) mass is 588 g/mol. The highest BCUT2D eigenvalue weighted by Crippen LogP contribution is 2.47. The van der Waals surface area contributed by atoms with E-state index >= 15 is 0 Å². The number of H-pyrrole nitrogens is 1. The number of fused-ring (bicyclic) bond motifs is 3. The fourth-order valence-corrected chi connectivity index (χ4v) is 5.68. The van der Waals surface area contributed by atoms with Crippen LogP contribution in [0.2, 0.25) is 10.0 Å². The Bertz CT molecular complexity index is 1470. The Balaban J connectivity index is 1.48. The van der Waals surface area contributed by atoms with Crippen LogP contribution in [0.3, 0.4) is 0 Å². The molecule has 212 valence electrons. The van der Waals surface area contributed by atoms with E-state index in [0.29, 0.717) is 59.5 Å². The van der Waals surface area contributed by atoms with E-state index in [1.165, 1.54) is 0 Å². The first kappa shape index (κ1) is 28.1. The van der Waals surface area contributed by atoms with Crippen molar-refractivity contribution in [1.82, 2.24) is 24.6 Å². The van der Waals surface area contributed by atoms with Gasteiger partial charge >= 0.3 is 6.09 Å². The number of amides is 2. The van der Waals surface area contributed by atoms with E-state index in [2.05, 4.69) is 10.2 Å². The third kappa shape index (κ3) is 5.44. The molecule has 0 aliphatic carbocycles. The molecule has 0 saturated carbocycles. The van der Waals surface area contributed by atoms with Gasteiger partial charge in [0.2, 0.25) is 5.91 Å². The zero-order valence-electron chi connectivity index (χ0n) is 22.5. The van der Waals surface area contributed by atoms with Crippen LogP contribution in [-0.4, -0.2) is 81.1 Å². The minimum atomic E-state index is -0.645. The highest BCUT2D eigenvalue weighted by atomic mass is 35.5. The summed E-state index contributed by atoms with van der Waals surface area (Å²) in [6.07, 6.45) is 3.09. The number of carbonyl (C=O) groups excluding carboxylic acids is 2. The van der Waals surface area contributed by atoms with Crippen LogP contribution in [0.5, 0.6) is 5.75 Å². The van der Waals surface area contributed by atoms with E-state index in [1.54, 1.807) is 28.3 Å². The molecule has 2 amide bonds. The molecule has 1 saturated heterocycles. The van der Waals surface area contributed by atoms with Crippen LogP contribution < -0.4 is 4.74 Å². The Hall–Kier alpha value is -3.46. The predicted octanol–water partition coefficient (Wildman–Crippen LogP) is 4.61. The summed E-state index contributed by atoms with van der Waals surface area (Å²) in [5.74, 6) is 0.318. The molecular weight excluding hydrogens is 559 g/mol. The second kappa shape index (κ2) is 11.2. The first-order valence-corrected chi connectivity index (χ1v) is 13.7. The number of nitriles is 1. The molecule has 0 radical (unpaired) electrons. The minimum absolute atomic E-state index is 0.101. The normalized spacial score (nSPS) is 17.4. The number of benzene rings is 1. The standard InChI is InChI=1S/C27H30Cl2N6O5/c1-27(2,3)40-26(37)34-7-9-38-15-17(34)10-21(36)33-5-6-35-19(14-33)22(16-12-31-32-13-16)23-20(39-8-4-30)11-18(28)24(29)25(23)35/h11-13,17H,5-10,14-15H2,1-3H3,(H,31,32)/t17-/m1/s1. The highest BCUT2D eigenvalue weighted by Gasteiger charge is 2.35. The Morgan fingerprint density at radius 3 is 2.77 bits per heavy atom. The summed E-state index contributed by atoms with van der Waals surface area (Å²) in [4.78, 5) is 29.8. The van der Waals surface area contributed by atoms with Gasteiger partial charge in [0, 0.05) is 55.1 Å². The van der Waals surface area contributed by atoms with Gasteiger partial charge in [0.1, 0.15) is 17.4 Å². The smallest absolute Gasteiger partial charge is 0.410 e. The summed E-state index contributed by atoms with van der Waals surface area (Å²) in [6.45, 7) is 7.46. The molecule has 3 aromatic rings. The fourth-order valence-electron chi connectivity index (χ4n) is 5.24. The van der Waals surface area contributed by atoms with E-state index < -0.39 is 17.7 Å². The minimum Gasteiger partial charge on any atom is -0.478 e. The molecule has 2 aliphatic rings. The van der Waals surface area contributed by atoms with Crippen molar-refractivity contribution in [3.63, 3.8) is 0 Å². The quantitative estimate of drug-likeness (QED) is 0.461. The third-order valence-electron chi connectivity index (χ3n) is 6.92. The number of aromatic amines is 1. The molecule has 1 aromatic carbocycles. The summed E-state index contributed by atoms with van der Waals surface area (Å²) < 4.78 is 19.0. The lowest BCUT2D eigenvalue weighted by atomic mass is 10.0. The second-order valence-corrected chi connectivity index (χ2v) is 11.5. The maximum atomic E-state index is 13.6. The van der Waals surface area contributed by atoms with E-state index in [1.807, 2.05) is 31.4 Å². The lowest BCUT2D eigenvalue weighted by Crippen LogP contribution is -2.52. The number of nitrogens with one attached hydrogen (secondary N) is 1. The molecule has 1 N–H and O–H groups in total. The van der Waals surface area contributed by atoms with Crippen molar-refractivity contribution in [2.75, 3.05) is 32.9 Å². The molecular formula is C27H30Cl2N6O5. The van der Waals surface area contributed by atoms with Crippen LogP contribution in [-0.2, 0) is 27.4 Å². The van der Waals surface area contributed by atoms with Crippen molar-refractivity contribution >= 4 is 46.1 Å². The van der Waals surface area contributed by atoms with Crippen molar-refractivity contribution in [3.05, 3.63) is 34.2 Å². The Kier molecular flexibility index (Phi) is 7.86. The summed E-state index contributed by atoms with van der Waals surface area (Å²) in [6, 6.07) is 3.17. The van der Waals surface area contributed by atoms with Crippen LogP contribution in [0.15, 0.2) is 18.5 Å². The Labute approximate surface area is 241 Å². The molecule has 4 heterocycles. The molecule has 1 fully saturated rings. The first-order chi connectivity index (χ1) is 19.1. The van der Waals surface area contributed by atoms with Crippen LogP contribution in [0.25, 0.3) is 22.0 Å². The maximum Gasteiger partial charge on any atom is 0.410 e. The molecule has 1 atom stereocenters. The lowest BCUT2D eigenvalue weighted by molar-refractivity contribution is -0.135. The van der Waals surface area contributed by atoms with Crippen LogP contribution in [0, 0.1) is 11.3 Å². The summed E-state index contributed by atoms with van der Waals surface area (Å²) in [5, 5.41) is 17.5. The molecule has 13 heteroatoms. The van der Waals surface area contributed by atoms with E-state index in [0.717, 1.165) is 16.8 Å². The zero-order chi connectivity index (χ0) is 28.6. The average Bonchev–Trinajstić information content (AvgIpc) is 3.55. The van der Waals surface area contributed by atoms with Gasteiger partial charge in [0.05, 0.1) is 52.9 Å². The van der Waals surface area contributed by atoms with Gasteiger partial charge < -0.3 is 28.6 Å². The fraction of sp³-hybridized carbons (Fsp3) is 0.481. The van der Waals surface area contributed by atoms with Crippen molar-refractivity contribution in [3.8, 4) is 22.9 Å². The summed E-state index contributed by atoms with van der Waals surface area (Å²) in [7, 11) is 0. The number of carbonyl (C=O) groups is 2. The van der Waals surface area contributed by atoms with Crippen LogP contribution >= 0.6 is 23.2 Å². The number of halogens is 2. The van der Waals surface area contributed by atoms with Crippen molar-refractivity contribution < 1.29 is 23.8 Å². The van der Waals surface area contributed by atoms with Crippen molar-refractivity contribution in [1.29, 1.82) is 5.26 Å². The third-order valence-corrected chi connectivity index (χ3v) is 7.70. The summed E-state index contributed by atoms with van der Waals surface area (Å²) in [5.41, 5.74) is 2.45. The van der Waals surface area contributed by atoms with Crippen LogP contribution in [0.1, 0.15) is 32.9 Å². The molecule has 2 aromatic heterocycles. The lowest BCUT2D eigenvalue weighted by Gasteiger charge is -2.37. The Morgan fingerprint density at radius 2 is 2.08 bits per heavy atom. The summed E-state index contributed by atoms with van der Waals surface area (Å²) >= 11 is 13.2. The van der Waals surface area contributed by atoms with Crippen LogP contribution in [0.4, 0.5) is 4.79 Å². The number of hydrogen-bond donors (Lipinski definition) is 1. The van der Waals surface area contributed by atoms with Gasteiger partial charge in [0.25, 0.3) is 0 Å². The van der Waals surface area contributed by atoms with Gasteiger partial charge in [-0.1, -0.05) is 23.2 Å². The topological polar surface area (TPSA) is 126 Å². The molecule has 0 spiro atoms. The largest absolute Gasteiger partial charge is 0.478 e. The number of ether oxygens (including phenoxy) is 3. The van der Waals surface area contributed by atoms with Crippen molar-refractivity contribution in [2.24, 2.45) is 0 Å².